The summed E-state index contributed by atoms with van der Waals surface area (Å²) in [6.45, 7) is 1.82. The van der Waals surface area contributed by atoms with E-state index in [0.717, 1.165) is 5.76 Å². The van der Waals surface area contributed by atoms with Crippen molar-refractivity contribution in [3.05, 3.63) is 66.2 Å². The van der Waals surface area contributed by atoms with E-state index in [4.69, 9.17) is 8.94 Å². The summed E-state index contributed by atoms with van der Waals surface area (Å²) in [5.41, 5.74) is 0. The molecule has 1 amide bonds. The molecule has 8 nitrogen and oxygen atoms in total. The summed E-state index contributed by atoms with van der Waals surface area (Å²) >= 11 is 0. The van der Waals surface area contributed by atoms with Gasteiger partial charge in [0.1, 0.15) is 5.76 Å². The van der Waals surface area contributed by atoms with Gasteiger partial charge in [-0.25, -0.2) is 8.42 Å². The minimum atomic E-state index is -3.45. The number of nitrogens with one attached hydrogen (secondary N) is 1. The van der Waals surface area contributed by atoms with Crippen LogP contribution in [0.3, 0.4) is 0 Å². The maximum Gasteiger partial charge on any atom is 0.315 e. The predicted octanol–water partition coefficient (Wildman–Crippen LogP) is 2.04. The Balaban J connectivity index is 1.55. The van der Waals surface area contributed by atoms with E-state index in [9.17, 15) is 13.2 Å². The van der Waals surface area contributed by atoms with E-state index in [-0.39, 0.29) is 34.8 Å². The molecule has 0 saturated carbocycles. The smallest absolute Gasteiger partial charge is 0.315 e. The van der Waals surface area contributed by atoms with Gasteiger partial charge in [0.15, 0.2) is 15.7 Å². The zero-order valence-electron chi connectivity index (χ0n) is 14.7. The van der Waals surface area contributed by atoms with Crippen molar-refractivity contribution in [2.24, 2.45) is 0 Å². The average molecular weight is 389 g/mol. The molecule has 3 aromatic rings. The minimum Gasteiger partial charge on any atom is -0.469 e. The van der Waals surface area contributed by atoms with Crippen molar-refractivity contribution in [1.82, 2.24) is 15.5 Å². The van der Waals surface area contributed by atoms with Crippen LogP contribution in [0, 0.1) is 0 Å². The average Bonchev–Trinajstić information content (AvgIpc) is 3.32. The number of carbonyl (C=O) groups is 1. The molecule has 1 aromatic carbocycles. The first-order valence-electron chi connectivity index (χ1n) is 8.38. The van der Waals surface area contributed by atoms with Gasteiger partial charge in [-0.1, -0.05) is 23.4 Å². The van der Waals surface area contributed by atoms with Crippen molar-refractivity contribution in [3.8, 4) is 0 Å². The molecule has 0 aliphatic heterocycles. The zero-order chi connectivity index (χ0) is 19.3. The molecule has 0 unspecified atom stereocenters. The number of carbonyl (C=O) groups excluding carboxylic acids is 1. The highest BCUT2D eigenvalue weighted by molar-refractivity contribution is 7.91. The molecule has 9 heteroatoms. The lowest BCUT2D eigenvalue weighted by Crippen LogP contribution is -2.34. The number of benzene rings is 1. The normalized spacial score (nSPS) is 12.6. The molecule has 0 fully saturated rings. The lowest BCUT2D eigenvalue weighted by Gasteiger charge is -2.10. The standard InChI is InChI=1S/C18H19N3O5S/c1-13(12-14-6-5-10-25-14)19-17(22)18-20-16(21-26-18)9-11-27(23,24)15-7-3-2-4-8-15/h2-8,10,13H,9,11-12H2,1H3,(H,19,22)/t13-/m1/s1. The first-order valence-corrected chi connectivity index (χ1v) is 10.0. The van der Waals surface area contributed by atoms with E-state index in [1.54, 1.807) is 30.5 Å². The Morgan fingerprint density at radius 1 is 1.19 bits per heavy atom. The number of hydrogen-bond acceptors (Lipinski definition) is 7. The third-order valence-corrected chi connectivity index (χ3v) is 5.56. The number of aromatic nitrogens is 2. The van der Waals surface area contributed by atoms with Gasteiger partial charge in [0.05, 0.1) is 16.9 Å². The van der Waals surface area contributed by atoms with Crippen molar-refractivity contribution in [3.63, 3.8) is 0 Å². The molecule has 2 heterocycles. The topological polar surface area (TPSA) is 115 Å². The molecule has 27 heavy (non-hydrogen) atoms. The predicted molar refractivity (Wildman–Crippen MR) is 95.8 cm³/mol. The van der Waals surface area contributed by atoms with E-state index in [1.165, 1.54) is 12.1 Å². The van der Waals surface area contributed by atoms with Gasteiger partial charge >= 0.3 is 11.8 Å². The highest BCUT2D eigenvalue weighted by Crippen LogP contribution is 2.12. The van der Waals surface area contributed by atoms with Gasteiger partial charge in [-0.15, -0.1) is 0 Å². The van der Waals surface area contributed by atoms with E-state index in [0.29, 0.717) is 6.42 Å². The maximum atomic E-state index is 12.3. The second kappa shape index (κ2) is 8.17. The number of furan rings is 1. The highest BCUT2D eigenvalue weighted by atomic mass is 32.2. The van der Waals surface area contributed by atoms with Gasteiger partial charge in [0.2, 0.25) is 0 Å². The fourth-order valence-electron chi connectivity index (χ4n) is 2.49. The Kier molecular flexibility index (Phi) is 5.70. The van der Waals surface area contributed by atoms with Crippen LogP contribution in [0.15, 0.2) is 62.6 Å². The van der Waals surface area contributed by atoms with Crippen molar-refractivity contribution >= 4 is 15.7 Å². The van der Waals surface area contributed by atoms with Gasteiger partial charge < -0.3 is 14.3 Å². The molecule has 0 aliphatic carbocycles. The first-order chi connectivity index (χ1) is 12.9. The maximum absolute atomic E-state index is 12.3. The van der Waals surface area contributed by atoms with E-state index < -0.39 is 15.7 Å². The van der Waals surface area contributed by atoms with Gasteiger partial charge in [0.25, 0.3) is 0 Å². The molecule has 0 saturated heterocycles. The molecule has 1 atom stereocenters. The van der Waals surface area contributed by atoms with Crippen molar-refractivity contribution in [1.29, 1.82) is 0 Å². The molecule has 3 rings (SSSR count). The summed E-state index contributed by atoms with van der Waals surface area (Å²) in [5.74, 6) is 0.0255. The summed E-state index contributed by atoms with van der Waals surface area (Å²) in [5, 5.41) is 6.42. The number of nitrogens with zero attached hydrogens (tertiary/aromatic N) is 2. The van der Waals surface area contributed by atoms with Crippen LogP contribution in [0.4, 0.5) is 0 Å². The molecule has 0 aliphatic rings. The van der Waals surface area contributed by atoms with Crippen molar-refractivity contribution in [2.75, 3.05) is 5.75 Å². The van der Waals surface area contributed by atoms with Crippen LogP contribution in [-0.2, 0) is 22.7 Å². The number of rotatable bonds is 8. The fourth-order valence-corrected chi connectivity index (χ4v) is 3.74. The molecule has 0 spiro atoms. The monoisotopic (exact) mass is 389 g/mol. The van der Waals surface area contributed by atoms with Crippen LogP contribution in [0.1, 0.15) is 29.2 Å². The van der Waals surface area contributed by atoms with Crippen LogP contribution < -0.4 is 5.32 Å². The van der Waals surface area contributed by atoms with Crippen LogP contribution in [0.5, 0.6) is 0 Å². The summed E-state index contributed by atoms with van der Waals surface area (Å²) in [4.78, 5) is 16.4. The lowest BCUT2D eigenvalue weighted by atomic mass is 10.2. The highest BCUT2D eigenvalue weighted by Gasteiger charge is 2.20. The van der Waals surface area contributed by atoms with E-state index >= 15 is 0 Å². The summed E-state index contributed by atoms with van der Waals surface area (Å²) in [6.07, 6.45) is 2.14. The second-order valence-electron chi connectivity index (χ2n) is 6.06. The van der Waals surface area contributed by atoms with E-state index in [2.05, 4.69) is 15.5 Å². The molecule has 1 N–H and O–H groups in total. The van der Waals surface area contributed by atoms with Gasteiger partial charge in [0, 0.05) is 18.9 Å². The quantitative estimate of drug-likeness (QED) is 0.627. The minimum absolute atomic E-state index is 0.0515. The summed E-state index contributed by atoms with van der Waals surface area (Å²) in [6, 6.07) is 11.5. The zero-order valence-corrected chi connectivity index (χ0v) is 15.5. The molecule has 142 valence electrons. The van der Waals surface area contributed by atoms with Crippen molar-refractivity contribution < 1.29 is 22.2 Å². The van der Waals surface area contributed by atoms with Crippen LogP contribution >= 0.6 is 0 Å². The van der Waals surface area contributed by atoms with Gasteiger partial charge in [-0.3, -0.25) is 4.79 Å². The summed E-state index contributed by atoms with van der Waals surface area (Å²) < 4.78 is 34.7. The van der Waals surface area contributed by atoms with Crippen LogP contribution in [0.25, 0.3) is 0 Å². The number of amides is 1. The Bertz CT molecular complexity index is 981. The molecule has 2 aromatic heterocycles. The van der Waals surface area contributed by atoms with Crippen LogP contribution in [-0.4, -0.2) is 36.3 Å². The third-order valence-electron chi connectivity index (χ3n) is 3.82. The Hall–Kier alpha value is -2.94. The SMILES string of the molecule is C[C@H](Cc1ccco1)NC(=O)c1nc(CCS(=O)(=O)c2ccccc2)no1. The molecule has 0 radical (unpaired) electrons. The van der Waals surface area contributed by atoms with Crippen molar-refractivity contribution in [2.45, 2.75) is 30.7 Å². The molecule has 0 bridgehead atoms. The van der Waals surface area contributed by atoms with Gasteiger partial charge in [-0.2, -0.15) is 4.98 Å². The first kappa shape index (κ1) is 18.8. The Morgan fingerprint density at radius 2 is 1.96 bits per heavy atom. The fraction of sp³-hybridized carbons (Fsp3) is 0.278. The number of sulfone groups is 1. The Labute approximate surface area is 156 Å². The largest absolute Gasteiger partial charge is 0.469 e. The number of aryl methyl sites for hydroxylation is 1. The summed E-state index contributed by atoms with van der Waals surface area (Å²) in [7, 11) is -3.45. The second-order valence-corrected chi connectivity index (χ2v) is 8.16. The van der Waals surface area contributed by atoms with Crippen LogP contribution in [0.2, 0.25) is 0 Å². The number of hydrogen-bond donors (Lipinski definition) is 1. The lowest BCUT2D eigenvalue weighted by molar-refractivity contribution is 0.0895. The molecular weight excluding hydrogens is 370 g/mol. The Morgan fingerprint density at radius 3 is 2.67 bits per heavy atom. The van der Waals surface area contributed by atoms with Gasteiger partial charge in [-0.05, 0) is 31.2 Å². The van der Waals surface area contributed by atoms with E-state index in [1.807, 2.05) is 13.0 Å². The third kappa shape index (κ3) is 5.04. The molecular formula is C18H19N3O5S.